The van der Waals surface area contributed by atoms with Crippen LogP contribution in [0.4, 0.5) is 5.82 Å². The molecular formula is C15H13N3O3. The van der Waals surface area contributed by atoms with E-state index in [-0.39, 0.29) is 12.3 Å². The number of carboxylic acid groups (broad SMARTS) is 1. The minimum atomic E-state index is -1.03. The van der Waals surface area contributed by atoms with Crippen molar-refractivity contribution in [3.63, 3.8) is 0 Å². The van der Waals surface area contributed by atoms with Crippen molar-refractivity contribution in [3.8, 4) is 0 Å². The fourth-order valence-corrected chi connectivity index (χ4v) is 1.66. The molecule has 0 saturated heterocycles. The van der Waals surface area contributed by atoms with Crippen molar-refractivity contribution in [3.05, 3.63) is 60.1 Å². The van der Waals surface area contributed by atoms with E-state index in [1.54, 1.807) is 30.6 Å². The van der Waals surface area contributed by atoms with Gasteiger partial charge in [-0.05, 0) is 35.4 Å². The summed E-state index contributed by atoms with van der Waals surface area (Å²) in [4.78, 5) is 30.3. The molecule has 1 amide bonds. The standard InChI is InChI=1S/C15H13N3O3/c19-14(9-12-2-1-6-16-10-12)18-13-8-11(5-7-17-13)3-4-15(20)21/h1-8,10H,9H2,(H,20,21)(H,17,18,19)/b4-3+. The molecule has 6 heteroatoms. The number of nitrogens with one attached hydrogen (secondary N) is 1. The van der Waals surface area contributed by atoms with Crippen molar-refractivity contribution >= 4 is 23.8 Å². The summed E-state index contributed by atoms with van der Waals surface area (Å²) in [6, 6.07) is 6.82. The lowest BCUT2D eigenvalue weighted by molar-refractivity contribution is -0.131. The lowest BCUT2D eigenvalue weighted by Gasteiger charge is -2.05. The largest absolute Gasteiger partial charge is 0.478 e. The Morgan fingerprint density at radius 1 is 1.29 bits per heavy atom. The van der Waals surface area contributed by atoms with Gasteiger partial charge in [-0.3, -0.25) is 9.78 Å². The average molecular weight is 283 g/mol. The number of carboxylic acids is 1. The topological polar surface area (TPSA) is 92.2 Å². The molecule has 106 valence electrons. The number of aromatic nitrogens is 2. The van der Waals surface area contributed by atoms with Gasteiger partial charge in [0.25, 0.3) is 0 Å². The second-order valence-electron chi connectivity index (χ2n) is 4.23. The van der Waals surface area contributed by atoms with Gasteiger partial charge in [0.2, 0.25) is 5.91 Å². The number of amides is 1. The Bertz CT molecular complexity index is 669. The predicted molar refractivity (Wildman–Crippen MR) is 77.5 cm³/mol. The highest BCUT2D eigenvalue weighted by Crippen LogP contribution is 2.09. The van der Waals surface area contributed by atoms with Gasteiger partial charge in [-0.15, -0.1) is 0 Å². The first-order valence-electron chi connectivity index (χ1n) is 6.19. The van der Waals surface area contributed by atoms with Gasteiger partial charge >= 0.3 is 5.97 Å². The highest BCUT2D eigenvalue weighted by molar-refractivity contribution is 5.91. The summed E-state index contributed by atoms with van der Waals surface area (Å²) < 4.78 is 0. The van der Waals surface area contributed by atoms with Crippen LogP contribution in [0.1, 0.15) is 11.1 Å². The summed E-state index contributed by atoms with van der Waals surface area (Å²) in [5, 5.41) is 11.2. The zero-order chi connectivity index (χ0) is 15.1. The summed E-state index contributed by atoms with van der Waals surface area (Å²) in [6.07, 6.45) is 7.42. The molecule has 0 saturated carbocycles. The first-order valence-corrected chi connectivity index (χ1v) is 6.19. The van der Waals surface area contributed by atoms with E-state index in [0.29, 0.717) is 11.4 Å². The Balaban J connectivity index is 2.01. The van der Waals surface area contributed by atoms with Crippen LogP contribution in [-0.2, 0) is 16.0 Å². The molecule has 0 fully saturated rings. The summed E-state index contributed by atoms with van der Waals surface area (Å²) in [7, 11) is 0. The van der Waals surface area contributed by atoms with E-state index >= 15 is 0 Å². The maximum atomic E-state index is 11.9. The van der Waals surface area contributed by atoms with E-state index in [9.17, 15) is 9.59 Å². The number of rotatable bonds is 5. The number of nitrogens with zero attached hydrogens (tertiary/aromatic N) is 2. The van der Waals surface area contributed by atoms with Crippen molar-refractivity contribution in [2.24, 2.45) is 0 Å². The molecule has 2 rings (SSSR count). The van der Waals surface area contributed by atoms with E-state index in [1.165, 1.54) is 12.3 Å². The molecule has 21 heavy (non-hydrogen) atoms. The van der Waals surface area contributed by atoms with Gasteiger partial charge < -0.3 is 10.4 Å². The molecule has 0 aliphatic carbocycles. The number of carbonyl (C=O) groups excluding carboxylic acids is 1. The monoisotopic (exact) mass is 283 g/mol. The van der Waals surface area contributed by atoms with E-state index < -0.39 is 5.97 Å². The summed E-state index contributed by atoms with van der Waals surface area (Å²) in [5.74, 6) is -0.875. The molecule has 0 aliphatic heterocycles. The van der Waals surface area contributed by atoms with Crippen molar-refractivity contribution in [1.29, 1.82) is 0 Å². The van der Waals surface area contributed by atoms with E-state index in [4.69, 9.17) is 5.11 Å². The van der Waals surface area contributed by atoms with Crippen LogP contribution in [0.3, 0.4) is 0 Å². The minimum Gasteiger partial charge on any atom is -0.478 e. The third-order valence-corrected chi connectivity index (χ3v) is 2.56. The maximum Gasteiger partial charge on any atom is 0.328 e. The van der Waals surface area contributed by atoms with Gasteiger partial charge in [-0.25, -0.2) is 9.78 Å². The summed E-state index contributed by atoms with van der Waals surface area (Å²) >= 11 is 0. The molecule has 6 nitrogen and oxygen atoms in total. The maximum absolute atomic E-state index is 11.9. The molecule has 0 atom stereocenters. The average Bonchev–Trinajstić information content (AvgIpc) is 2.46. The molecule has 0 radical (unpaired) electrons. The van der Waals surface area contributed by atoms with Gasteiger partial charge in [0.1, 0.15) is 5.82 Å². The molecule has 2 aromatic heterocycles. The molecular weight excluding hydrogens is 270 g/mol. The summed E-state index contributed by atoms with van der Waals surface area (Å²) in [5.41, 5.74) is 1.45. The third-order valence-electron chi connectivity index (χ3n) is 2.56. The van der Waals surface area contributed by atoms with Crippen LogP contribution < -0.4 is 5.32 Å². The Hall–Kier alpha value is -3.02. The molecule has 0 unspecified atom stereocenters. The third kappa shape index (κ3) is 4.87. The first-order chi connectivity index (χ1) is 10.1. The zero-order valence-electron chi connectivity index (χ0n) is 11.1. The SMILES string of the molecule is O=C(O)/C=C/c1ccnc(NC(=O)Cc2cccnc2)c1. The summed E-state index contributed by atoms with van der Waals surface area (Å²) in [6.45, 7) is 0. The molecule has 0 aliphatic rings. The molecule has 2 heterocycles. The minimum absolute atomic E-state index is 0.199. The normalized spacial score (nSPS) is 10.5. The fraction of sp³-hybridized carbons (Fsp3) is 0.0667. The van der Waals surface area contributed by atoms with E-state index in [1.807, 2.05) is 6.07 Å². The van der Waals surface area contributed by atoms with E-state index in [0.717, 1.165) is 11.6 Å². The van der Waals surface area contributed by atoms with Gasteiger partial charge in [0, 0.05) is 24.7 Å². The number of pyridine rings is 2. The van der Waals surface area contributed by atoms with Crippen LogP contribution in [0.2, 0.25) is 0 Å². The number of carbonyl (C=O) groups is 2. The quantitative estimate of drug-likeness (QED) is 0.816. The van der Waals surface area contributed by atoms with Crippen LogP contribution >= 0.6 is 0 Å². The number of hydrogen-bond acceptors (Lipinski definition) is 4. The molecule has 2 aromatic rings. The van der Waals surface area contributed by atoms with Crippen LogP contribution in [0.5, 0.6) is 0 Å². The first kappa shape index (κ1) is 14.4. The Labute approximate surface area is 121 Å². The van der Waals surface area contributed by atoms with Crippen LogP contribution in [0, 0.1) is 0 Å². The molecule has 2 N–H and O–H groups in total. The van der Waals surface area contributed by atoms with Crippen molar-refractivity contribution < 1.29 is 14.7 Å². The highest BCUT2D eigenvalue weighted by atomic mass is 16.4. The van der Waals surface area contributed by atoms with Crippen molar-refractivity contribution in [1.82, 2.24) is 9.97 Å². The van der Waals surface area contributed by atoms with Gasteiger partial charge in [-0.2, -0.15) is 0 Å². The number of anilines is 1. The van der Waals surface area contributed by atoms with Crippen LogP contribution in [-0.4, -0.2) is 27.0 Å². The Morgan fingerprint density at radius 3 is 2.86 bits per heavy atom. The van der Waals surface area contributed by atoms with E-state index in [2.05, 4.69) is 15.3 Å². The zero-order valence-corrected chi connectivity index (χ0v) is 11.1. The number of hydrogen-bond donors (Lipinski definition) is 2. The Morgan fingerprint density at radius 2 is 2.14 bits per heavy atom. The van der Waals surface area contributed by atoms with Crippen LogP contribution in [0.15, 0.2) is 48.9 Å². The molecule has 0 spiro atoms. The van der Waals surface area contributed by atoms with Crippen molar-refractivity contribution in [2.75, 3.05) is 5.32 Å². The second-order valence-corrected chi connectivity index (χ2v) is 4.23. The highest BCUT2D eigenvalue weighted by Gasteiger charge is 2.05. The van der Waals surface area contributed by atoms with Gasteiger partial charge in [-0.1, -0.05) is 6.07 Å². The molecule has 0 bridgehead atoms. The fourth-order valence-electron chi connectivity index (χ4n) is 1.66. The molecule has 0 aromatic carbocycles. The van der Waals surface area contributed by atoms with Gasteiger partial charge in [0.05, 0.1) is 6.42 Å². The Kier molecular flexibility index (Phi) is 4.76. The van der Waals surface area contributed by atoms with Crippen LogP contribution in [0.25, 0.3) is 6.08 Å². The predicted octanol–water partition coefficient (Wildman–Crippen LogP) is 1.76. The van der Waals surface area contributed by atoms with Crippen molar-refractivity contribution in [2.45, 2.75) is 6.42 Å². The lowest BCUT2D eigenvalue weighted by Crippen LogP contribution is -2.15. The van der Waals surface area contributed by atoms with Gasteiger partial charge in [0.15, 0.2) is 0 Å². The second kappa shape index (κ2) is 6.95. The number of aliphatic carboxylic acids is 1. The smallest absolute Gasteiger partial charge is 0.328 e. The lowest BCUT2D eigenvalue weighted by atomic mass is 10.2.